The molecule has 1 N–H and O–H groups in total. The second-order valence-electron chi connectivity index (χ2n) is 5.37. The number of ether oxygens (including phenoxy) is 1. The monoisotopic (exact) mass is 282 g/mol. The molecule has 3 rings (SSSR count). The van der Waals surface area contributed by atoms with E-state index >= 15 is 0 Å². The number of hydrogen-bond acceptors (Lipinski definition) is 3. The Balaban J connectivity index is 1.77. The van der Waals surface area contributed by atoms with Crippen molar-refractivity contribution in [3.63, 3.8) is 0 Å². The molecule has 2 aromatic rings. The molecular formula is C17H18N2O2. The van der Waals surface area contributed by atoms with Crippen molar-refractivity contribution < 1.29 is 9.53 Å². The van der Waals surface area contributed by atoms with Crippen LogP contribution in [0.2, 0.25) is 0 Å². The van der Waals surface area contributed by atoms with Crippen LogP contribution in [0.3, 0.4) is 0 Å². The number of pyridine rings is 1. The number of amides is 1. The molecule has 0 fully saturated rings. The molecule has 0 spiro atoms. The summed E-state index contributed by atoms with van der Waals surface area (Å²) in [6.45, 7) is 4.63. The molecular weight excluding hydrogens is 264 g/mol. The molecule has 1 amide bonds. The van der Waals surface area contributed by atoms with Crippen LogP contribution in [-0.2, 0) is 6.54 Å². The third kappa shape index (κ3) is 2.61. The first-order valence-corrected chi connectivity index (χ1v) is 7.13. The number of hydrogen-bond donors (Lipinski definition) is 1. The van der Waals surface area contributed by atoms with Gasteiger partial charge < -0.3 is 10.1 Å². The van der Waals surface area contributed by atoms with Crippen LogP contribution in [-0.4, -0.2) is 17.0 Å². The Kier molecular flexibility index (Phi) is 3.60. The van der Waals surface area contributed by atoms with Gasteiger partial charge in [-0.1, -0.05) is 19.1 Å². The van der Waals surface area contributed by atoms with E-state index in [0.29, 0.717) is 18.0 Å². The number of benzene rings is 1. The van der Waals surface area contributed by atoms with E-state index in [1.54, 1.807) is 12.4 Å². The fourth-order valence-electron chi connectivity index (χ4n) is 2.54. The van der Waals surface area contributed by atoms with E-state index < -0.39 is 0 Å². The zero-order valence-electron chi connectivity index (χ0n) is 12.2. The maximum atomic E-state index is 12.4. The molecule has 0 aliphatic carbocycles. The zero-order valence-corrected chi connectivity index (χ0v) is 12.2. The Bertz CT molecular complexity index is 655. The highest BCUT2D eigenvalue weighted by atomic mass is 16.5. The van der Waals surface area contributed by atoms with Crippen LogP contribution in [0, 0.1) is 0 Å². The van der Waals surface area contributed by atoms with Gasteiger partial charge in [-0.2, -0.15) is 0 Å². The summed E-state index contributed by atoms with van der Waals surface area (Å²) in [5.74, 6) is 0.933. The lowest BCUT2D eigenvalue weighted by Gasteiger charge is -2.10. The number of aromatic nitrogens is 1. The van der Waals surface area contributed by atoms with Crippen LogP contribution in [0.15, 0.2) is 42.7 Å². The van der Waals surface area contributed by atoms with Crippen LogP contribution >= 0.6 is 0 Å². The predicted molar refractivity (Wildman–Crippen MR) is 80.4 cm³/mol. The summed E-state index contributed by atoms with van der Waals surface area (Å²) in [6, 6.07) is 9.53. The lowest BCUT2D eigenvalue weighted by atomic mass is 9.97. The number of nitrogens with one attached hydrogen (secondary N) is 1. The van der Waals surface area contributed by atoms with Gasteiger partial charge in [0, 0.05) is 30.4 Å². The lowest BCUT2D eigenvalue weighted by Crippen LogP contribution is -2.23. The lowest BCUT2D eigenvalue weighted by molar-refractivity contribution is 0.0946. The topological polar surface area (TPSA) is 51.2 Å². The zero-order chi connectivity index (χ0) is 14.8. The highest BCUT2D eigenvalue weighted by molar-refractivity contribution is 5.97. The summed E-state index contributed by atoms with van der Waals surface area (Å²) >= 11 is 0. The van der Waals surface area contributed by atoms with Crippen molar-refractivity contribution in [3.05, 3.63) is 59.4 Å². The van der Waals surface area contributed by atoms with E-state index in [1.807, 2.05) is 37.3 Å². The smallest absolute Gasteiger partial charge is 0.255 e. The Morgan fingerprint density at radius 2 is 2.00 bits per heavy atom. The Morgan fingerprint density at radius 1 is 1.24 bits per heavy atom. The second-order valence-corrected chi connectivity index (χ2v) is 5.37. The van der Waals surface area contributed by atoms with Crippen molar-refractivity contribution in [2.75, 3.05) is 0 Å². The van der Waals surface area contributed by atoms with Crippen molar-refractivity contribution >= 4 is 5.91 Å². The van der Waals surface area contributed by atoms with Crippen LogP contribution < -0.4 is 10.1 Å². The highest BCUT2D eigenvalue weighted by Crippen LogP contribution is 2.40. The Labute approximate surface area is 124 Å². The van der Waals surface area contributed by atoms with Crippen molar-refractivity contribution in [3.8, 4) is 5.75 Å². The molecule has 2 heterocycles. The third-order valence-corrected chi connectivity index (χ3v) is 3.99. The Hall–Kier alpha value is -2.36. The minimum atomic E-state index is -0.107. The first-order valence-electron chi connectivity index (χ1n) is 7.13. The van der Waals surface area contributed by atoms with Gasteiger partial charge in [-0.15, -0.1) is 0 Å². The SMILES string of the molecule is CC1Oc2c(C(=O)NCc3ccncc3)cccc2C1C. The molecule has 21 heavy (non-hydrogen) atoms. The molecule has 1 aromatic heterocycles. The minimum Gasteiger partial charge on any atom is -0.489 e. The van der Waals surface area contributed by atoms with Crippen molar-refractivity contribution in [2.45, 2.75) is 32.4 Å². The molecule has 2 unspecified atom stereocenters. The van der Waals surface area contributed by atoms with E-state index in [2.05, 4.69) is 17.2 Å². The molecule has 4 nitrogen and oxygen atoms in total. The number of carbonyl (C=O) groups is 1. The summed E-state index contributed by atoms with van der Waals surface area (Å²) in [4.78, 5) is 16.3. The van der Waals surface area contributed by atoms with Crippen molar-refractivity contribution in [1.82, 2.24) is 10.3 Å². The maximum absolute atomic E-state index is 12.4. The van der Waals surface area contributed by atoms with Gasteiger partial charge in [-0.25, -0.2) is 0 Å². The number of carbonyl (C=O) groups excluding carboxylic acids is 1. The van der Waals surface area contributed by atoms with Crippen LogP contribution in [0.4, 0.5) is 0 Å². The molecule has 4 heteroatoms. The van der Waals surface area contributed by atoms with Crippen LogP contribution in [0.5, 0.6) is 5.75 Å². The highest BCUT2D eigenvalue weighted by Gasteiger charge is 2.30. The molecule has 1 aliphatic heterocycles. The predicted octanol–water partition coefficient (Wildman–Crippen LogP) is 2.90. The van der Waals surface area contributed by atoms with Crippen molar-refractivity contribution in [1.29, 1.82) is 0 Å². The summed E-state index contributed by atoms with van der Waals surface area (Å²) < 4.78 is 5.85. The van der Waals surface area contributed by atoms with E-state index in [4.69, 9.17) is 4.74 Å². The molecule has 0 bridgehead atoms. The molecule has 1 aliphatic rings. The number of rotatable bonds is 3. The van der Waals surface area contributed by atoms with Crippen LogP contribution in [0.1, 0.15) is 41.3 Å². The average Bonchev–Trinajstić information content (AvgIpc) is 2.81. The molecule has 0 radical (unpaired) electrons. The van der Waals surface area contributed by atoms with E-state index in [0.717, 1.165) is 16.9 Å². The number of para-hydroxylation sites is 1. The van der Waals surface area contributed by atoms with E-state index in [1.165, 1.54) is 0 Å². The normalized spacial score (nSPS) is 19.7. The third-order valence-electron chi connectivity index (χ3n) is 3.99. The van der Waals surface area contributed by atoms with Gasteiger partial charge in [0.1, 0.15) is 11.9 Å². The average molecular weight is 282 g/mol. The maximum Gasteiger partial charge on any atom is 0.255 e. The van der Waals surface area contributed by atoms with Crippen LogP contribution in [0.25, 0.3) is 0 Å². The van der Waals surface area contributed by atoms with Gasteiger partial charge in [-0.05, 0) is 30.7 Å². The fraction of sp³-hybridized carbons (Fsp3) is 0.294. The molecule has 2 atom stereocenters. The second kappa shape index (κ2) is 5.56. The van der Waals surface area contributed by atoms with Gasteiger partial charge in [0.25, 0.3) is 5.91 Å². The van der Waals surface area contributed by atoms with E-state index in [9.17, 15) is 4.79 Å². The minimum absolute atomic E-state index is 0.106. The number of nitrogens with zero attached hydrogens (tertiary/aromatic N) is 1. The van der Waals surface area contributed by atoms with Gasteiger partial charge >= 0.3 is 0 Å². The summed E-state index contributed by atoms with van der Waals surface area (Å²) in [5.41, 5.74) is 2.74. The van der Waals surface area contributed by atoms with Gasteiger partial charge in [-0.3, -0.25) is 9.78 Å². The van der Waals surface area contributed by atoms with E-state index in [-0.39, 0.29) is 12.0 Å². The molecule has 108 valence electrons. The molecule has 0 saturated heterocycles. The summed E-state index contributed by atoms with van der Waals surface area (Å²) in [5, 5.41) is 2.93. The largest absolute Gasteiger partial charge is 0.489 e. The number of fused-ring (bicyclic) bond motifs is 1. The molecule has 1 aromatic carbocycles. The van der Waals surface area contributed by atoms with Gasteiger partial charge in [0.15, 0.2) is 0 Å². The quantitative estimate of drug-likeness (QED) is 0.941. The Morgan fingerprint density at radius 3 is 2.76 bits per heavy atom. The first kappa shape index (κ1) is 13.6. The fourth-order valence-corrected chi connectivity index (χ4v) is 2.54. The summed E-state index contributed by atoms with van der Waals surface area (Å²) in [7, 11) is 0. The van der Waals surface area contributed by atoms with Crippen molar-refractivity contribution in [2.24, 2.45) is 0 Å². The molecule has 0 saturated carbocycles. The first-order chi connectivity index (χ1) is 10.2. The summed E-state index contributed by atoms with van der Waals surface area (Å²) in [6.07, 6.45) is 3.54. The van der Waals surface area contributed by atoms with Gasteiger partial charge in [0.2, 0.25) is 0 Å². The van der Waals surface area contributed by atoms with Gasteiger partial charge in [0.05, 0.1) is 5.56 Å². The standard InChI is InChI=1S/C17H18N2O2/c1-11-12(2)21-16-14(11)4-3-5-15(16)17(20)19-10-13-6-8-18-9-7-13/h3-9,11-12H,10H2,1-2H3,(H,19,20).